The van der Waals surface area contributed by atoms with Crippen LogP contribution in [0.3, 0.4) is 0 Å². The Morgan fingerprint density at radius 2 is 1.50 bits per heavy atom. The smallest absolute Gasteiger partial charge is 0.120 e. The summed E-state index contributed by atoms with van der Waals surface area (Å²) in [6, 6.07) is 26.6. The molecule has 0 bridgehead atoms. The SMILES string of the molecule is BrC(Br)=Cc1cc(OCc2ccccc2)ccc1NCc1ccccc1. The lowest BCUT2D eigenvalue weighted by Crippen LogP contribution is -2.02. The molecule has 1 N–H and O–H groups in total. The van der Waals surface area contributed by atoms with Crippen molar-refractivity contribution in [3.63, 3.8) is 0 Å². The fourth-order valence-electron chi connectivity index (χ4n) is 2.56. The average Bonchev–Trinajstić information content (AvgIpc) is 2.67. The maximum Gasteiger partial charge on any atom is 0.120 e. The van der Waals surface area contributed by atoms with Crippen molar-refractivity contribution in [1.82, 2.24) is 0 Å². The number of halogens is 2. The van der Waals surface area contributed by atoms with Gasteiger partial charge in [0, 0.05) is 17.8 Å². The molecule has 0 fully saturated rings. The molecule has 0 saturated carbocycles. The minimum Gasteiger partial charge on any atom is -0.489 e. The Hall–Kier alpha value is -2.04. The van der Waals surface area contributed by atoms with Gasteiger partial charge in [-0.2, -0.15) is 0 Å². The van der Waals surface area contributed by atoms with E-state index in [2.05, 4.69) is 67.5 Å². The van der Waals surface area contributed by atoms with E-state index in [-0.39, 0.29) is 0 Å². The van der Waals surface area contributed by atoms with Gasteiger partial charge in [-0.25, -0.2) is 0 Å². The van der Waals surface area contributed by atoms with E-state index in [4.69, 9.17) is 4.74 Å². The Kier molecular flexibility index (Phi) is 6.92. The van der Waals surface area contributed by atoms with Crippen LogP contribution in [-0.2, 0) is 13.2 Å². The van der Waals surface area contributed by atoms with E-state index in [1.165, 1.54) is 5.56 Å². The molecule has 0 aliphatic rings. The van der Waals surface area contributed by atoms with Gasteiger partial charge >= 0.3 is 0 Å². The van der Waals surface area contributed by atoms with Gasteiger partial charge in [-0.15, -0.1) is 0 Å². The van der Waals surface area contributed by atoms with E-state index in [1.54, 1.807) is 0 Å². The molecule has 0 aliphatic heterocycles. The highest BCUT2D eigenvalue weighted by molar-refractivity contribution is 9.28. The third-order valence-electron chi connectivity index (χ3n) is 3.86. The summed E-state index contributed by atoms with van der Waals surface area (Å²) >= 11 is 6.90. The van der Waals surface area contributed by atoms with Crippen LogP contribution >= 0.6 is 31.9 Å². The highest BCUT2D eigenvalue weighted by Gasteiger charge is 2.05. The summed E-state index contributed by atoms with van der Waals surface area (Å²) in [6.07, 6.45) is 2.02. The predicted octanol–water partition coefficient (Wildman–Crippen LogP) is 6.97. The van der Waals surface area contributed by atoms with Crippen LogP contribution in [0.4, 0.5) is 5.69 Å². The largest absolute Gasteiger partial charge is 0.489 e. The van der Waals surface area contributed by atoms with Gasteiger partial charge in [0.05, 0.1) is 3.39 Å². The molecule has 0 unspecified atom stereocenters. The first-order chi connectivity index (χ1) is 12.7. The van der Waals surface area contributed by atoms with Crippen LogP contribution in [0.15, 0.2) is 82.3 Å². The molecule has 4 heteroatoms. The molecule has 132 valence electrons. The zero-order chi connectivity index (χ0) is 18.2. The third kappa shape index (κ3) is 5.75. The van der Waals surface area contributed by atoms with Crippen LogP contribution in [-0.4, -0.2) is 0 Å². The summed E-state index contributed by atoms with van der Waals surface area (Å²) in [5.74, 6) is 0.839. The Morgan fingerprint density at radius 1 is 0.846 bits per heavy atom. The standard InChI is InChI=1S/C22H19Br2NO/c23-22(24)14-19-13-20(26-16-18-9-5-2-6-10-18)11-12-21(19)25-15-17-7-3-1-4-8-17/h1-14,25H,15-16H2. The molecule has 3 rings (SSSR count). The van der Waals surface area contributed by atoms with Crippen molar-refractivity contribution >= 4 is 43.6 Å². The number of nitrogens with one attached hydrogen (secondary N) is 1. The fourth-order valence-corrected chi connectivity index (χ4v) is 3.06. The van der Waals surface area contributed by atoms with E-state index in [0.29, 0.717) is 6.61 Å². The molecule has 0 aliphatic carbocycles. The number of anilines is 1. The fraction of sp³-hybridized carbons (Fsp3) is 0.0909. The van der Waals surface area contributed by atoms with Gasteiger partial charge in [0.2, 0.25) is 0 Å². The van der Waals surface area contributed by atoms with Gasteiger partial charge < -0.3 is 10.1 Å². The Balaban J connectivity index is 1.73. The third-order valence-corrected chi connectivity index (χ3v) is 4.32. The van der Waals surface area contributed by atoms with Crippen LogP contribution < -0.4 is 10.1 Å². The molecule has 3 aromatic rings. The van der Waals surface area contributed by atoms with Crippen molar-refractivity contribution in [3.05, 3.63) is 98.9 Å². The maximum absolute atomic E-state index is 5.94. The quantitative estimate of drug-likeness (QED) is 0.401. The molecule has 2 nitrogen and oxygen atoms in total. The summed E-state index contributed by atoms with van der Waals surface area (Å²) in [5, 5.41) is 3.49. The van der Waals surface area contributed by atoms with Gasteiger partial charge in [-0.05, 0) is 67.3 Å². The second-order valence-electron chi connectivity index (χ2n) is 5.80. The number of hydrogen-bond donors (Lipinski definition) is 1. The van der Waals surface area contributed by atoms with Crippen LogP contribution in [0.5, 0.6) is 5.75 Å². The molecule has 0 atom stereocenters. The van der Waals surface area contributed by atoms with Gasteiger partial charge in [0.25, 0.3) is 0 Å². The molecule has 0 heterocycles. The van der Waals surface area contributed by atoms with Crippen molar-refractivity contribution in [2.45, 2.75) is 13.2 Å². The first-order valence-corrected chi connectivity index (χ1v) is 9.90. The monoisotopic (exact) mass is 471 g/mol. The summed E-state index contributed by atoms with van der Waals surface area (Å²) in [7, 11) is 0. The van der Waals surface area contributed by atoms with E-state index in [9.17, 15) is 0 Å². The topological polar surface area (TPSA) is 21.3 Å². The Bertz CT molecular complexity index is 860. The minimum atomic E-state index is 0.552. The second kappa shape index (κ2) is 9.60. The highest BCUT2D eigenvalue weighted by atomic mass is 79.9. The maximum atomic E-state index is 5.94. The molecule has 0 radical (unpaired) electrons. The molecule has 0 aromatic heterocycles. The first-order valence-electron chi connectivity index (χ1n) is 8.32. The van der Waals surface area contributed by atoms with E-state index >= 15 is 0 Å². The second-order valence-corrected chi connectivity index (χ2v) is 8.57. The van der Waals surface area contributed by atoms with Crippen molar-refractivity contribution < 1.29 is 4.74 Å². The van der Waals surface area contributed by atoms with Crippen molar-refractivity contribution in [1.29, 1.82) is 0 Å². The lowest BCUT2D eigenvalue weighted by atomic mass is 10.1. The lowest BCUT2D eigenvalue weighted by molar-refractivity contribution is 0.306. The average molecular weight is 473 g/mol. The molecule has 26 heavy (non-hydrogen) atoms. The summed E-state index contributed by atoms with van der Waals surface area (Å²) < 4.78 is 6.83. The molecule has 0 spiro atoms. The van der Waals surface area contributed by atoms with Gasteiger partial charge in [-0.3, -0.25) is 0 Å². The van der Waals surface area contributed by atoms with Crippen molar-refractivity contribution in [2.75, 3.05) is 5.32 Å². The van der Waals surface area contributed by atoms with Crippen LogP contribution in [0.1, 0.15) is 16.7 Å². The first kappa shape index (κ1) is 18.7. The normalized spacial score (nSPS) is 10.2. The Morgan fingerprint density at radius 3 is 2.15 bits per heavy atom. The zero-order valence-corrected chi connectivity index (χ0v) is 17.3. The van der Waals surface area contributed by atoms with Gasteiger partial charge in [-0.1, -0.05) is 60.7 Å². The van der Waals surface area contributed by atoms with Crippen molar-refractivity contribution in [3.8, 4) is 5.75 Å². The number of hydrogen-bond acceptors (Lipinski definition) is 2. The van der Waals surface area contributed by atoms with Crippen LogP contribution in [0.25, 0.3) is 6.08 Å². The molecular weight excluding hydrogens is 454 g/mol. The van der Waals surface area contributed by atoms with Crippen LogP contribution in [0, 0.1) is 0 Å². The summed E-state index contributed by atoms with van der Waals surface area (Å²) in [5.41, 5.74) is 4.50. The number of rotatable bonds is 7. The lowest BCUT2D eigenvalue weighted by Gasteiger charge is -2.13. The number of benzene rings is 3. The summed E-state index contributed by atoms with van der Waals surface area (Å²) in [6.45, 7) is 1.32. The van der Waals surface area contributed by atoms with Crippen LogP contribution in [0.2, 0.25) is 0 Å². The summed E-state index contributed by atoms with van der Waals surface area (Å²) in [4.78, 5) is 0. The van der Waals surface area contributed by atoms with E-state index < -0.39 is 0 Å². The molecular formula is C22H19Br2NO. The Labute approximate surface area is 171 Å². The van der Waals surface area contributed by atoms with Gasteiger partial charge in [0.15, 0.2) is 0 Å². The number of ether oxygens (including phenoxy) is 1. The zero-order valence-electron chi connectivity index (χ0n) is 14.2. The van der Waals surface area contributed by atoms with E-state index in [1.807, 2.05) is 54.6 Å². The van der Waals surface area contributed by atoms with Crippen molar-refractivity contribution in [2.24, 2.45) is 0 Å². The molecule has 3 aromatic carbocycles. The predicted molar refractivity (Wildman–Crippen MR) is 117 cm³/mol. The highest BCUT2D eigenvalue weighted by Crippen LogP contribution is 2.28. The minimum absolute atomic E-state index is 0.552. The van der Waals surface area contributed by atoms with Gasteiger partial charge in [0.1, 0.15) is 12.4 Å². The molecule has 0 amide bonds. The van der Waals surface area contributed by atoms with E-state index in [0.717, 1.165) is 32.5 Å². The molecule has 0 saturated heterocycles.